The second kappa shape index (κ2) is 29.2. The Morgan fingerprint density at radius 3 is 0.500 bits per heavy atom. The van der Waals surface area contributed by atoms with Crippen molar-refractivity contribution in [2.24, 2.45) is 0 Å². The van der Waals surface area contributed by atoms with Gasteiger partial charge in [-0.05, 0) is 0 Å². The largest absolute Gasteiger partial charge is 0.412 e. The minimum Gasteiger partial charge on any atom is -0.412 e. The van der Waals surface area contributed by atoms with E-state index in [1.165, 1.54) is 0 Å². The quantitative estimate of drug-likeness (QED) is 0.255. The molecule has 0 aromatic carbocycles. The van der Waals surface area contributed by atoms with Crippen molar-refractivity contribution in [2.75, 3.05) is 0 Å². The molecule has 0 aromatic rings. The van der Waals surface area contributed by atoms with E-state index < -0.39 is 20.3 Å². The van der Waals surface area contributed by atoms with Crippen LogP contribution >= 0.6 is 0 Å². The third-order valence-electron chi connectivity index (χ3n) is 0. The van der Waals surface area contributed by atoms with E-state index in [9.17, 15) is 0 Å². The summed E-state index contributed by atoms with van der Waals surface area (Å²) in [4.78, 5) is 33.4. The maximum atomic E-state index is 8.36. The summed E-state index contributed by atoms with van der Waals surface area (Å²) in [5.74, 6) is 0. The molecule has 0 spiro atoms. The Labute approximate surface area is 94.0 Å². The highest BCUT2D eigenvalue weighted by atomic mass is 16.9. The van der Waals surface area contributed by atoms with Gasteiger partial charge in [0.05, 0.1) is 0 Å². The maximum absolute atomic E-state index is 8.36. The summed E-state index contributed by atoms with van der Waals surface area (Å²) in [6, 6.07) is 0. The van der Waals surface area contributed by atoms with E-state index >= 15 is 0 Å². The predicted octanol–water partition coefficient (Wildman–Crippen LogP) is -3.04. The van der Waals surface area contributed by atoms with Crippen LogP contribution in [-0.2, 0) is 0 Å². The molecule has 0 aromatic heterocycles. The molecule has 0 rings (SSSR count). The summed E-state index contributed by atoms with van der Waals surface area (Å²) in [6.45, 7) is 0. The van der Waals surface area contributed by atoms with Gasteiger partial charge in [0, 0.05) is 0 Å². The summed E-state index contributed by atoms with van der Waals surface area (Å²) >= 11 is 0. The highest BCUT2D eigenvalue weighted by Gasteiger charge is 1.66. The average molecular weight is 288 g/mol. The third kappa shape index (κ3) is 162. The van der Waals surface area contributed by atoms with Crippen LogP contribution in [-0.4, -0.2) is 52.1 Å². The van der Waals surface area contributed by atoms with E-state index in [2.05, 4.69) is 0 Å². The van der Waals surface area contributed by atoms with Gasteiger partial charge in [-0.1, -0.05) is 0 Å². The molecular formula is H8N4O14. The van der Waals surface area contributed by atoms with Gasteiger partial charge in [0.2, 0.25) is 0 Å². The normalized spacial score (nSPS) is 5.33. The fourth-order valence-corrected chi connectivity index (χ4v) is 0. The number of nitrogens with zero attached hydrogens (tertiary/aromatic N) is 4. The second-order valence-electron chi connectivity index (χ2n) is 0.951. The Kier molecular flexibility index (Phi) is 59.1. The molecule has 18 nitrogen and oxygen atoms in total. The molecule has 0 heterocycles. The average Bonchev–Trinajstić information content (AvgIpc) is 1.76. The Hall–Kier alpha value is -3.28. The van der Waals surface area contributed by atoms with Crippen molar-refractivity contribution in [1.82, 2.24) is 0 Å². The van der Waals surface area contributed by atoms with Crippen LogP contribution in [0.15, 0.2) is 0 Å². The van der Waals surface area contributed by atoms with Crippen LogP contribution in [0.4, 0.5) is 0 Å². The zero-order valence-electron chi connectivity index (χ0n) is 7.84. The molecule has 18 heteroatoms. The molecular weight excluding hydrogens is 280 g/mol. The zero-order chi connectivity index (χ0) is 14.3. The van der Waals surface area contributed by atoms with Crippen molar-refractivity contribution >= 4 is 0 Å². The monoisotopic (exact) mass is 288 g/mol. The fraction of sp³-hybridized carbons (Fsp3) is 0. The number of hydrogen-bond acceptors (Lipinski definition) is 8. The van der Waals surface area contributed by atoms with Crippen LogP contribution in [0.2, 0.25) is 0 Å². The lowest BCUT2D eigenvalue weighted by Gasteiger charge is -1.56. The van der Waals surface area contributed by atoms with Gasteiger partial charge < -0.3 is 31.8 Å². The number of hydrogen-bond donors (Lipinski definition) is 4. The molecule has 0 atom stereocenters. The molecule has 0 unspecified atom stereocenters. The van der Waals surface area contributed by atoms with Gasteiger partial charge in [0.25, 0.3) is 20.3 Å². The molecule has 18 heavy (non-hydrogen) atoms. The highest BCUT2D eigenvalue weighted by Crippen LogP contribution is 1.39. The molecule has 0 saturated carbocycles. The van der Waals surface area contributed by atoms with E-state index in [1.807, 2.05) is 0 Å². The van der Waals surface area contributed by atoms with Crippen LogP contribution in [0.5, 0.6) is 0 Å². The van der Waals surface area contributed by atoms with Crippen molar-refractivity contribution in [1.29, 1.82) is 0 Å². The van der Waals surface area contributed by atoms with Crippen LogP contribution in [0.3, 0.4) is 0 Å². The molecule has 0 radical (unpaired) electrons. The van der Waals surface area contributed by atoms with E-state index in [-0.39, 0.29) is 11.0 Å². The van der Waals surface area contributed by atoms with Crippen LogP contribution in [0.25, 0.3) is 0 Å². The van der Waals surface area contributed by atoms with E-state index in [0.29, 0.717) is 0 Å². The first-order valence-electron chi connectivity index (χ1n) is 2.26. The molecule has 0 amide bonds. The van der Waals surface area contributed by atoms with E-state index in [4.69, 9.17) is 61.3 Å². The summed E-state index contributed by atoms with van der Waals surface area (Å²) in [6.07, 6.45) is 0. The standard InChI is InChI=1S/4HNO3.2H2O/c4*2-1(3)4;;/h4*(H,2,3,4);2*1H2. The molecule has 0 aliphatic heterocycles. The molecule has 0 fully saturated rings. The Morgan fingerprint density at radius 2 is 0.500 bits per heavy atom. The Balaban J connectivity index is -0.0000000257. The minimum atomic E-state index is -1.50. The van der Waals surface area contributed by atoms with E-state index in [1.54, 1.807) is 0 Å². The maximum Gasteiger partial charge on any atom is 0.291 e. The lowest BCUT2D eigenvalue weighted by molar-refractivity contribution is -0.742. The molecule has 0 bridgehead atoms. The van der Waals surface area contributed by atoms with Gasteiger partial charge in [-0.15, -0.1) is 40.5 Å². The van der Waals surface area contributed by atoms with Crippen molar-refractivity contribution in [2.45, 2.75) is 0 Å². The summed E-state index contributed by atoms with van der Waals surface area (Å²) in [7, 11) is 0. The molecule has 112 valence electrons. The first-order chi connectivity index (χ1) is 6.93. The van der Waals surface area contributed by atoms with Crippen LogP contribution < -0.4 is 0 Å². The fourth-order valence-electron chi connectivity index (χ4n) is 0. The van der Waals surface area contributed by atoms with Gasteiger partial charge in [-0.3, -0.25) is 0 Å². The highest BCUT2D eigenvalue weighted by molar-refractivity contribution is 3.84. The summed E-state index contributed by atoms with van der Waals surface area (Å²) in [5.41, 5.74) is 0. The summed E-state index contributed by atoms with van der Waals surface area (Å²) < 4.78 is 0. The van der Waals surface area contributed by atoms with Gasteiger partial charge >= 0.3 is 0 Å². The van der Waals surface area contributed by atoms with Crippen molar-refractivity contribution in [3.8, 4) is 0 Å². The third-order valence-corrected chi connectivity index (χ3v) is 0. The lowest BCUT2D eigenvalue weighted by Crippen LogP contribution is -1.81. The van der Waals surface area contributed by atoms with Crippen molar-refractivity contribution in [3.05, 3.63) is 40.5 Å². The van der Waals surface area contributed by atoms with Crippen LogP contribution in [0, 0.1) is 40.5 Å². The minimum absolute atomic E-state index is 0. The smallest absolute Gasteiger partial charge is 0.291 e. The molecule has 0 saturated heterocycles. The van der Waals surface area contributed by atoms with Gasteiger partial charge in [0.15, 0.2) is 0 Å². The predicted molar refractivity (Wildman–Crippen MR) is 42.4 cm³/mol. The Morgan fingerprint density at radius 1 is 0.500 bits per heavy atom. The molecule has 8 N–H and O–H groups in total. The van der Waals surface area contributed by atoms with Crippen molar-refractivity contribution in [3.63, 3.8) is 0 Å². The first-order valence-corrected chi connectivity index (χ1v) is 2.26. The first kappa shape index (κ1) is 36.4. The summed E-state index contributed by atoms with van der Waals surface area (Å²) in [5, 5.41) is 54.6. The van der Waals surface area contributed by atoms with E-state index in [0.717, 1.165) is 0 Å². The second-order valence-corrected chi connectivity index (χ2v) is 0.951. The lowest BCUT2D eigenvalue weighted by atomic mass is 13.1. The van der Waals surface area contributed by atoms with Gasteiger partial charge in [-0.2, -0.15) is 0 Å². The SMILES string of the molecule is O.O.O=[N+]([O-])O.O=[N+]([O-])O.O=[N+]([O-])O.O=[N+]([O-])O. The zero-order valence-corrected chi connectivity index (χ0v) is 7.84. The Bertz CT molecular complexity index is 154. The van der Waals surface area contributed by atoms with Crippen molar-refractivity contribution < 1.29 is 52.1 Å². The van der Waals surface area contributed by atoms with Gasteiger partial charge in [-0.25, -0.2) is 0 Å². The van der Waals surface area contributed by atoms with Gasteiger partial charge in [0.1, 0.15) is 0 Å². The molecule has 0 aliphatic carbocycles. The molecule has 0 aliphatic rings. The number of rotatable bonds is 0. The topological polar surface area (TPSA) is 316 Å². The van der Waals surface area contributed by atoms with Crippen LogP contribution in [0.1, 0.15) is 0 Å².